The van der Waals surface area contributed by atoms with Crippen molar-refractivity contribution in [2.45, 2.75) is 13.1 Å². The smallest absolute Gasteiger partial charge is 0.239 e. The lowest BCUT2D eigenvalue weighted by Gasteiger charge is -2.17. The van der Waals surface area contributed by atoms with Crippen LogP contribution in [0.3, 0.4) is 0 Å². The van der Waals surface area contributed by atoms with Gasteiger partial charge in [0.2, 0.25) is 12.7 Å². The van der Waals surface area contributed by atoms with E-state index in [2.05, 4.69) is 10.4 Å². The first-order valence-electron chi connectivity index (χ1n) is 9.20. The number of nitrogens with zero attached hydrogens (tertiary/aromatic N) is 3. The molecule has 0 unspecified atom stereocenters. The Labute approximate surface area is 173 Å². The molecule has 1 amide bonds. The number of nitrogens with one attached hydrogen (secondary N) is 1. The largest absolute Gasteiger partial charge is 0.454 e. The standard InChI is InChI=1S/C21H21ClN4O3/c1-25(11-16-5-6-18-19(10-16)29-14-28-18)13-21(27)24-20-7-8-23-26(20)12-15-3-2-4-17(22)9-15/h2-10H,11-14H2,1H3,(H,24,27). The van der Waals surface area contributed by atoms with Crippen molar-refractivity contribution < 1.29 is 14.3 Å². The van der Waals surface area contributed by atoms with Gasteiger partial charge in [-0.05, 0) is 42.4 Å². The van der Waals surface area contributed by atoms with Gasteiger partial charge in [-0.15, -0.1) is 0 Å². The van der Waals surface area contributed by atoms with Crippen LogP contribution in [0.4, 0.5) is 5.82 Å². The topological polar surface area (TPSA) is 68.6 Å². The molecule has 7 nitrogen and oxygen atoms in total. The van der Waals surface area contributed by atoms with Crippen molar-refractivity contribution in [3.63, 3.8) is 0 Å². The molecule has 150 valence electrons. The molecule has 1 aliphatic rings. The Bertz CT molecular complexity index is 1020. The molecule has 29 heavy (non-hydrogen) atoms. The molecule has 1 N–H and O–H groups in total. The lowest BCUT2D eigenvalue weighted by molar-refractivity contribution is -0.117. The molecule has 1 aromatic heterocycles. The van der Waals surface area contributed by atoms with Crippen LogP contribution in [0, 0.1) is 0 Å². The maximum atomic E-state index is 12.5. The van der Waals surface area contributed by atoms with Crippen molar-refractivity contribution in [2.75, 3.05) is 25.7 Å². The fraction of sp³-hybridized carbons (Fsp3) is 0.238. The lowest BCUT2D eigenvalue weighted by Crippen LogP contribution is -2.30. The van der Waals surface area contributed by atoms with Crippen LogP contribution < -0.4 is 14.8 Å². The summed E-state index contributed by atoms with van der Waals surface area (Å²) in [6.45, 7) is 1.64. The number of carbonyl (C=O) groups is 1. The molecule has 0 saturated carbocycles. The Hall–Kier alpha value is -3.03. The summed E-state index contributed by atoms with van der Waals surface area (Å²) in [4.78, 5) is 14.4. The summed E-state index contributed by atoms with van der Waals surface area (Å²) >= 11 is 6.04. The SMILES string of the molecule is CN(CC(=O)Nc1ccnn1Cc1cccc(Cl)c1)Cc1ccc2c(c1)OCO2. The highest BCUT2D eigenvalue weighted by molar-refractivity contribution is 6.30. The average Bonchev–Trinajstić information content (AvgIpc) is 3.30. The zero-order chi connectivity index (χ0) is 20.2. The van der Waals surface area contributed by atoms with Crippen molar-refractivity contribution in [3.05, 3.63) is 70.9 Å². The first-order valence-corrected chi connectivity index (χ1v) is 9.58. The van der Waals surface area contributed by atoms with Crippen molar-refractivity contribution in [1.29, 1.82) is 0 Å². The lowest BCUT2D eigenvalue weighted by atomic mass is 10.2. The van der Waals surface area contributed by atoms with Crippen LogP contribution in [0.15, 0.2) is 54.7 Å². The molecule has 0 fully saturated rings. The molecule has 2 heterocycles. The Morgan fingerprint density at radius 2 is 2.03 bits per heavy atom. The third kappa shape index (κ3) is 4.88. The van der Waals surface area contributed by atoms with Gasteiger partial charge in [0.05, 0.1) is 19.3 Å². The molecule has 0 aliphatic carbocycles. The molecule has 1 aliphatic heterocycles. The number of amides is 1. The van der Waals surface area contributed by atoms with Crippen LogP contribution in [-0.4, -0.2) is 41.0 Å². The van der Waals surface area contributed by atoms with E-state index in [9.17, 15) is 4.79 Å². The van der Waals surface area contributed by atoms with Gasteiger partial charge in [0.25, 0.3) is 0 Å². The minimum absolute atomic E-state index is 0.110. The first kappa shape index (κ1) is 19.3. The number of halogens is 1. The minimum Gasteiger partial charge on any atom is -0.454 e. The van der Waals surface area contributed by atoms with Crippen LogP contribution in [0.1, 0.15) is 11.1 Å². The molecule has 0 saturated heterocycles. The van der Waals surface area contributed by atoms with Crippen LogP contribution in [0.25, 0.3) is 0 Å². The minimum atomic E-state index is -0.110. The van der Waals surface area contributed by atoms with Gasteiger partial charge in [0, 0.05) is 17.6 Å². The van der Waals surface area contributed by atoms with Crippen LogP contribution in [0.2, 0.25) is 5.02 Å². The quantitative estimate of drug-likeness (QED) is 0.644. The van der Waals surface area contributed by atoms with Gasteiger partial charge < -0.3 is 14.8 Å². The number of anilines is 1. The van der Waals surface area contributed by atoms with E-state index in [-0.39, 0.29) is 19.2 Å². The van der Waals surface area contributed by atoms with Crippen molar-refractivity contribution in [1.82, 2.24) is 14.7 Å². The number of hydrogen-bond donors (Lipinski definition) is 1. The predicted octanol–water partition coefficient (Wildman–Crippen LogP) is 3.38. The first-order chi connectivity index (χ1) is 14.1. The van der Waals surface area contributed by atoms with Gasteiger partial charge >= 0.3 is 0 Å². The summed E-state index contributed by atoms with van der Waals surface area (Å²) in [5, 5.41) is 7.89. The van der Waals surface area contributed by atoms with Crippen LogP contribution in [0.5, 0.6) is 11.5 Å². The molecular formula is C21H21ClN4O3. The van der Waals surface area contributed by atoms with Gasteiger partial charge in [-0.1, -0.05) is 29.8 Å². The molecule has 0 radical (unpaired) electrons. The van der Waals surface area contributed by atoms with E-state index < -0.39 is 0 Å². The average molecular weight is 413 g/mol. The number of hydrogen-bond acceptors (Lipinski definition) is 5. The Morgan fingerprint density at radius 3 is 2.90 bits per heavy atom. The third-order valence-electron chi connectivity index (χ3n) is 4.51. The van der Waals surface area contributed by atoms with E-state index in [1.54, 1.807) is 16.9 Å². The van der Waals surface area contributed by atoms with Crippen molar-refractivity contribution >= 4 is 23.3 Å². The molecular weight excluding hydrogens is 392 g/mol. The second-order valence-electron chi connectivity index (χ2n) is 6.91. The Morgan fingerprint density at radius 1 is 1.17 bits per heavy atom. The van der Waals surface area contributed by atoms with Gasteiger partial charge in [-0.2, -0.15) is 5.10 Å². The van der Waals surface area contributed by atoms with E-state index in [0.29, 0.717) is 23.9 Å². The summed E-state index contributed by atoms with van der Waals surface area (Å²) in [6, 6.07) is 15.2. The number of carbonyl (C=O) groups excluding carboxylic acids is 1. The van der Waals surface area contributed by atoms with Gasteiger partial charge in [0.15, 0.2) is 11.5 Å². The number of likely N-dealkylation sites (N-methyl/N-ethyl adjacent to an activating group) is 1. The van der Waals surface area contributed by atoms with E-state index in [1.165, 1.54) is 0 Å². The summed E-state index contributed by atoms with van der Waals surface area (Å²) in [7, 11) is 1.90. The number of benzene rings is 2. The summed E-state index contributed by atoms with van der Waals surface area (Å²) in [5.74, 6) is 2.03. The molecule has 0 bridgehead atoms. The highest BCUT2D eigenvalue weighted by atomic mass is 35.5. The highest BCUT2D eigenvalue weighted by Crippen LogP contribution is 2.32. The van der Waals surface area contributed by atoms with Crippen LogP contribution in [-0.2, 0) is 17.9 Å². The zero-order valence-corrected chi connectivity index (χ0v) is 16.7. The van der Waals surface area contributed by atoms with Crippen molar-refractivity contribution in [3.8, 4) is 11.5 Å². The predicted molar refractivity (Wildman–Crippen MR) is 110 cm³/mol. The number of ether oxygens (including phenoxy) is 2. The number of rotatable bonds is 7. The maximum absolute atomic E-state index is 12.5. The summed E-state index contributed by atoms with van der Waals surface area (Å²) in [5.41, 5.74) is 2.06. The Kier molecular flexibility index (Phi) is 5.69. The third-order valence-corrected chi connectivity index (χ3v) is 4.74. The van der Waals surface area contributed by atoms with E-state index in [0.717, 1.165) is 22.6 Å². The molecule has 3 aromatic rings. The Balaban J connectivity index is 1.33. The summed E-state index contributed by atoms with van der Waals surface area (Å²) < 4.78 is 12.5. The number of aromatic nitrogens is 2. The van der Waals surface area contributed by atoms with Gasteiger partial charge in [0.1, 0.15) is 5.82 Å². The van der Waals surface area contributed by atoms with E-state index in [1.807, 2.05) is 54.4 Å². The van der Waals surface area contributed by atoms with E-state index in [4.69, 9.17) is 21.1 Å². The fourth-order valence-corrected chi connectivity index (χ4v) is 3.42. The molecule has 2 aromatic carbocycles. The normalized spacial score (nSPS) is 12.4. The maximum Gasteiger partial charge on any atom is 0.239 e. The van der Waals surface area contributed by atoms with Crippen molar-refractivity contribution in [2.24, 2.45) is 0 Å². The molecule has 4 rings (SSSR count). The fourth-order valence-electron chi connectivity index (χ4n) is 3.21. The molecule has 0 spiro atoms. The number of fused-ring (bicyclic) bond motifs is 1. The van der Waals surface area contributed by atoms with Gasteiger partial charge in [-0.3, -0.25) is 9.69 Å². The highest BCUT2D eigenvalue weighted by Gasteiger charge is 2.15. The molecule has 0 atom stereocenters. The zero-order valence-electron chi connectivity index (χ0n) is 16.0. The van der Waals surface area contributed by atoms with Gasteiger partial charge in [-0.25, -0.2) is 4.68 Å². The molecule has 8 heteroatoms. The monoisotopic (exact) mass is 412 g/mol. The van der Waals surface area contributed by atoms with E-state index >= 15 is 0 Å². The summed E-state index contributed by atoms with van der Waals surface area (Å²) in [6.07, 6.45) is 1.66. The second-order valence-corrected chi connectivity index (χ2v) is 7.35. The second kappa shape index (κ2) is 8.55. The van der Waals surface area contributed by atoms with Crippen LogP contribution >= 0.6 is 11.6 Å².